The maximum Gasteiger partial charge on any atom is 0.241 e. The summed E-state index contributed by atoms with van der Waals surface area (Å²) in [6, 6.07) is 0. The van der Waals surface area contributed by atoms with E-state index in [2.05, 4.69) is 6.92 Å². The lowest BCUT2D eigenvalue weighted by molar-refractivity contribution is -0.134. The average molecular weight is 186 g/mol. The SMILES string of the molecule is CCCCCN(C)C(=O)C(C)(C)N. The summed E-state index contributed by atoms with van der Waals surface area (Å²) in [5, 5.41) is 0. The molecular formula is C10H22N2O. The fourth-order valence-electron chi connectivity index (χ4n) is 1.19. The Morgan fingerprint density at radius 2 is 1.92 bits per heavy atom. The molecule has 2 N–H and O–H groups in total. The molecule has 0 aromatic heterocycles. The molecule has 0 aliphatic carbocycles. The van der Waals surface area contributed by atoms with Crippen molar-refractivity contribution in [2.45, 2.75) is 45.6 Å². The normalized spacial score (nSPS) is 11.5. The van der Waals surface area contributed by atoms with Gasteiger partial charge in [0.25, 0.3) is 0 Å². The van der Waals surface area contributed by atoms with E-state index in [9.17, 15) is 4.79 Å². The average Bonchev–Trinajstić information content (AvgIpc) is 2.01. The first-order chi connectivity index (χ1) is 5.89. The monoisotopic (exact) mass is 186 g/mol. The molecule has 13 heavy (non-hydrogen) atoms. The number of hydrogen-bond donors (Lipinski definition) is 1. The Hall–Kier alpha value is -0.570. The number of likely N-dealkylation sites (N-methyl/N-ethyl adjacent to an activating group) is 1. The highest BCUT2D eigenvalue weighted by Gasteiger charge is 2.24. The quantitative estimate of drug-likeness (QED) is 0.659. The summed E-state index contributed by atoms with van der Waals surface area (Å²) >= 11 is 0. The molecule has 0 saturated carbocycles. The minimum atomic E-state index is -0.735. The summed E-state index contributed by atoms with van der Waals surface area (Å²) in [7, 11) is 1.81. The lowest BCUT2D eigenvalue weighted by Gasteiger charge is -2.25. The summed E-state index contributed by atoms with van der Waals surface area (Å²) in [6.45, 7) is 6.44. The molecule has 0 atom stereocenters. The van der Waals surface area contributed by atoms with Gasteiger partial charge in [-0.2, -0.15) is 0 Å². The Labute approximate surface area is 81.3 Å². The number of carbonyl (C=O) groups is 1. The molecule has 0 aromatic rings. The van der Waals surface area contributed by atoms with Crippen molar-refractivity contribution in [1.82, 2.24) is 4.90 Å². The Kier molecular flexibility index (Phi) is 4.99. The van der Waals surface area contributed by atoms with Crippen LogP contribution in [-0.2, 0) is 4.79 Å². The Bertz CT molecular complexity index is 161. The van der Waals surface area contributed by atoms with Crippen molar-refractivity contribution in [3.63, 3.8) is 0 Å². The highest BCUT2D eigenvalue weighted by Crippen LogP contribution is 2.04. The Morgan fingerprint density at radius 3 is 2.31 bits per heavy atom. The van der Waals surface area contributed by atoms with Crippen LogP contribution in [0.4, 0.5) is 0 Å². The van der Waals surface area contributed by atoms with Crippen LogP contribution < -0.4 is 5.73 Å². The smallest absolute Gasteiger partial charge is 0.241 e. The van der Waals surface area contributed by atoms with Crippen molar-refractivity contribution in [1.29, 1.82) is 0 Å². The molecule has 1 amide bonds. The van der Waals surface area contributed by atoms with Crippen LogP contribution in [0, 0.1) is 0 Å². The highest BCUT2D eigenvalue weighted by atomic mass is 16.2. The highest BCUT2D eigenvalue weighted by molar-refractivity contribution is 5.84. The van der Waals surface area contributed by atoms with Crippen LogP contribution in [0.2, 0.25) is 0 Å². The zero-order valence-corrected chi connectivity index (χ0v) is 9.26. The Morgan fingerprint density at radius 1 is 1.38 bits per heavy atom. The van der Waals surface area contributed by atoms with Crippen molar-refractivity contribution in [2.24, 2.45) is 5.73 Å². The van der Waals surface area contributed by atoms with E-state index in [1.807, 2.05) is 7.05 Å². The van der Waals surface area contributed by atoms with Crippen LogP contribution in [0.3, 0.4) is 0 Å². The molecule has 0 rings (SSSR count). The molecule has 0 aliphatic rings. The lowest BCUT2D eigenvalue weighted by atomic mass is 10.1. The largest absolute Gasteiger partial charge is 0.344 e. The molecule has 0 spiro atoms. The van der Waals surface area contributed by atoms with Gasteiger partial charge in [-0.25, -0.2) is 0 Å². The van der Waals surface area contributed by atoms with Crippen molar-refractivity contribution in [3.8, 4) is 0 Å². The molecule has 3 nitrogen and oxygen atoms in total. The van der Waals surface area contributed by atoms with Crippen LogP contribution in [-0.4, -0.2) is 29.9 Å². The fourth-order valence-corrected chi connectivity index (χ4v) is 1.19. The zero-order valence-electron chi connectivity index (χ0n) is 9.26. The van der Waals surface area contributed by atoms with Crippen LogP contribution in [0.15, 0.2) is 0 Å². The zero-order chi connectivity index (χ0) is 10.5. The first-order valence-corrected chi connectivity index (χ1v) is 4.94. The maximum absolute atomic E-state index is 11.6. The van der Waals surface area contributed by atoms with Gasteiger partial charge in [0.05, 0.1) is 5.54 Å². The second kappa shape index (κ2) is 5.22. The van der Waals surface area contributed by atoms with E-state index >= 15 is 0 Å². The van der Waals surface area contributed by atoms with Gasteiger partial charge in [-0.15, -0.1) is 0 Å². The third-order valence-electron chi connectivity index (χ3n) is 1.99. The van der Waals surface area contributed by atoms with Gasteiger partial charge in [0.2, 0.25) is 5.91 Å². The summed E-state index contributed by atoms with van der Waals surface area (Å²) in [6.07, 6.45) is 3.41. The van der Waals surface area contributed by atoms with E-state index in [1.165, 1.54) is 12.8 Å². The van der Waals surface area contributed by atoms with Gasteiger partial charge in [-0.05, 0) is 20.3 Å². The van der Waals surface area contributed by atoms with E-state index < -0.39 is 5.54 Å². The van der Waals surface area contributed by atoms with Gasteiger partial charge in [0, 0.05) is 13.6 Å². The van der Waals surface area contributed by atoms with Gasteiger partial charge in [0.1, 0.15) is 0 Å². The van der Waals surface area contributed by atoms with Gasteiger partial charge in [0.15, 0.2) is 0 Å². The molecule has 78 valence electrons. The minimum absolute atomic E-state index is 0.0172. The van der Waals surface area contributed by atoms with Gasteiger partial charge in [-0.1, -0.05) is 19.8 Å². The number of nitrogens with zero attached hydrogens (tertiary/aromatic N) is 1. The van der Waals surface area contributed by atoms with Crippen molar-refractivity contribution in [2.75, 3.05) is 13.6 Å². The van der Waals surface area contributed by atoms with Gasteiger partial charge < -0.3 is 10.6 Å². The topological polar surface area (TPSA) is 46.3 Å². The first kappa shape index (κ1) is 12.4. The fraction of sp³-hybridized carbons (Fsp3) is 0.900. The lowest BCUT2D eigenvalue weighted by Crippen LogP contribution is -2.49. The number of carbonyl (C=O) groups excluding carboxylic acids is 1. The van der Waals surface area contributed by atoms with Crippen molar-refractivity contribution < 1.29 is 4.79 Å². The molecule has 3 heteroatoms. The summed E-state index contributed by atoms with van der Waals surface area (Å²) < 4.78 is 0. The van der Waals surface area contributed by atoms with E-state index in [0.29, 0.717) is 0 Å². The Balaban J connectivity index is 3.84. The van der Waals surface area contributed by atoms with Crippen LogP contribution in [0.1, 0.15) is 40.0 Å². The molecule has 0 unspecified atom stereocenters. The van der Waals surface area contributed by atoms with E-state index in [0.717, 1.165) is 13.0 Å². The standard InChI is InChI=1S/C10H22N2O/c1-5-6-7-8-12(4)9(13)10(2,3)11/h5-8,11H2,1-4H3. The van der Waals surface area contributed by atoms with E-state index in [4.69, 9.17) is 5.73 Å². The minimum Gasteiger partial charge on any atom is -0.344 e. The molecule has 0 bridgehead atoms. The molecule has 0 fully saturated rings. The third-order valence-corrected chi connectivity index (χ3v) is 1.99. The first-order valence-electron chi connectivity index (χ1n) is 4.94. The third kappa shape index (κ3) is 4.88. The van der Waals surface area contributed by atoms with Crippen LogP contribution in [0.25, 0.3) is 0 Å². The van der Waals surface area contributed by atoms with Crippen LogP contribution >= 0.6 is 0 Å². The summed E-state index contributed by atoms with van der Waals surface area (Å²) in [5.74, 6) is 0.0172. The van der Waals surface area contributed by atoms with E-state index in [-0.39, 0.29) is 5.91 Å². The second-order valence-corrected chi connectivity index (χ2v) is 4.16. The molecule has 0 aromatic carbocycles. The number of hydrogen-bond acceptors (Lipinski definition) is 2. The van der Waals surface area contributed by atoms with Gasteiger partial charge in [-0.3, -0.25) is 4.79 Å². The predicted molar refractivity (Wildman–Crippen MR) is 55.4 cm³/mol. The van der Waals surface area contributed by atoms with E-state index in [1.54, 1.807) is 18.7 Å². The number of rotatable bonds is 5. The van der Waals surface area contributed by atoms with Crippen molar-refractivity contribution in [3.05, 3.63) is 0 Å². The molecule has 0 heterocycles. The summed E-state index contributed by atoms with van der Waals surface area (Å²) in [4.78, 5) is 13.3. The molecule has 0 aliphatic heterocycles. The number of amides is 1. The maximum atomic E-state index is 11.6. The summed E-state index contributed by atoms with van der Waals surface area (Å²) in [5.41, 5.74) is 4.96. The van der Waals surface area contributed by atoms with Crippen LogP contribution in [0.5, 0.6) is 0 Å². The molecule has 0 radical (unpaired) electrons. The second-order valence-electron chi connectivity index (χ2n) is 4.16. The molecule has 0 saturated heterocycles. The predicted octanol–water partition coefficient (Wildman–Crippen LogP) is 1.37. The molecular weight excluding hydrogens is 164 g/mol. The van der Waals surface area contributed by atoms with Crippen molar-refractivity contribution >= 4 is 5.91 Å². The number of unbranched alkanes of at least 4 members (excludes halogenated alkanes) is 2. The van der Waals surface area contributed by atoms with Gasteiger partial charge >= 0.3 is 0 Å². The number of nitrogens with two attached hydrogens (primary N) is 1.